The Morgan fingerprint density at radius 1 is 0.871 bits per heavy atom. The Morgan fingerprint density at radius 2 is 1.58 bits per heavy atom. The molecule has 0 bridgehead atoms. The van der Waals surface area contributed by atoms with E-state index in [2.05, 4.69) is 60.3 Å². The number of anilines is 2. The maximum absolute atomic E-state index is 10.1. The van der Waals surface area contributed by atoms with E-state index in [1.54, 1.807) is 26.2 Å². The van der Waals surface area contributed by atoms with Gasteiger partial charge in [-0.15, -0.1) is 0 Å². The number of nitrogens with zero attached hydrogens (tertiary/aromatic N) is 3. The van der Waals surface area contributed by atoms with Crippen LogP contribution in [0.1, 0.15) is 42.1 Å². The Balaban J connectivity index is 1.84. The second-order valence-electron chi connectivity index (χ2n) is 8.73. The number of nitrogens with one attached hydrogen (secondary N) is 1. The predicted molar refractivity (Wildman–Crippen MR) is 127 cm³/mol. The normalized spacial score (nSPS) is 11.7. The third-order valence-electron chi connectivity index (χ3n) is 5.66. The Kier molecular flexibility index (Phi) is 5.23. The molecular weight excluding hydrogens is 384 g/mol. The molecule has 4 aromatic rings. The highest BCUT2D eigenvalue weighted by Gasteiger charge is 2.19. The second-order valence-corrected chi connectivity index (χ2v) is 8.73. The van der Waals surface area contributed by atoms with Crippen molar-refractivity contribution >= 4 is 22.3 Å². The number of hydrogen-bond acceptors (Lipinski definition) is 5. The predicted octanol–water partition coefficient (Wildman–Crippen LogP) is 5.90. The highest BCUT2D eigenvalue weighted by molar-refractivity contribution is 5.97. The fourth-order valence-electron chi connectivity index (χ4n) is 3.62. The fourth-order valence-corrected chi connectivity index (χ4v) is 3.62. The van der Waals surface area contributed by atoms with Gasteiger partial charge in [0.1, 0.15) is 5.60 Å². The lowest BCUT2D eigenvalue weighted by atomic mass is 10.0. The molecular formula is C26H28N4O. The standard InChI is InChI=1S/C26H28N4O/c1-15-7-8-16(2)23(11-15)30-24-17(3)18(4)29-22-10-9-19(12-21(22)24)20-13-27-25(28-14-20)26(5,6)31/h7-14,31H,1-6H3,(H,29,30). The molecule has 0 saturated carbocycles. The van der Waals surface area contributed by atoms with Gasteiger partial charge in [0, 0.05) is 34.7 Å². The smallest absolute Gasteiger partial charge is 0.159 e. The number of rotatable bonds is 4. The third kappa shape index (κ3) is 4.14. The minimum absolute atomic E-state index is 0.405. The van der Waals surface area contributed by atoms with Crippen LogP contribution in [0.15, 0.2) is 48.8 Å². The Hall–Kier alpha value is -3.31. The van der Waals surface area contributed by atoms with Crippen molar-refractivity contribution in [3.05, 3.63) is 77.0 Å². The van der Waals surface area contributed by atoms with Crippen molar-refractivity contribution in [1.82, 2.24) is 15.0 Å². The molecule has 0 atom stereocenters. The second kappa shape index (κ2) is 7.75. The zero-order valence-electron chi connectivity index (χ0n) is 18.9. The van der Waals surface area contributed by atoms with E-state index in [0.717, 1.165) is 44.7 Å². The van der Waals surface area contributed by atoms with Gasteiger partial charge in [0.15, 0.2) is 5.82 Å². The lowest BCUT2D eigenvalue weighted by Gasteiger charge is -2.18. The summed E-state index contributed by atoms with van der Waals surface area (Å²) in [7, 11) is 0. The largest absolute Gasteiger partial charge is 0.382 e. The zero-order valence-corrected chi connectivity index (χ0v) is 18.9. The van der Waals surface area contributed by atoms with Gasteiger partial charge in [-0.3, -0.25) is 4.98 Å². The van der Waals surface area contributed by atoms with Gasteiger partial charge in [-0.2, -0.15) is 0 Å². The summed E-state index contributed by atoms with van der Waals surface area (Å²) >= 11 is 0. The molecule has 0 unspecified atom stereocenters. The molecule has 2 heterocycles. The van der Waals surface area contributed by atoms with E-state index in [9.17, 15) is 5.11 Å². The van der Waals surface area contributed by atoms with Gasteiger partial charge < -0.3 is 10.4 Å². The SMILES string of the molecule is Cc1ccc(C)c(Nc2c(C)c(C)nc3ccc(-c4cnc(C(C)(C)O)nc4)cc23)c1. The average Bonchev–Trinajstić information content (AvgIpc) is 2.73. The van der Waals surface area contributed by atoms with Crippen LogP contribution in [0.4, 0.5) is 11.4 Å². The number of aliphatic hydroxyl groups is 1. The Bertz CT molecular complexity index is 1270. The molecule has 5 heteroatoms. The van der Waals surface area contributed by atoms with Crippen LogP contribution in [-0.4, -0.2) is 20.1 Å². The van der Waals surface area contributed by atoms with Crippen LogP contribution < -0.4 is 5.32 Å². The molecule has 2 aromatic carbocycles. The number of benzene rings is 2. The highest BCUT2D eigenvalue weighted by atomic mass is 16.3. The van der Waals surface area contributed by atoms with Crippen molar-refractivity contribution in [1.29, 1.82) is 0 Å². The summed E-state index contributed by atoms with van der Waals surface area (Å²) < 4.78 is 0. The van der Waals surface area contributed by atoms with E-state index >= 15 is 0 Å². The number of fused-ring (bicyclic) bond motifs is 1. The van der Waals surface area contributed by atoms with E-state index < -0.39 is 5.60 Å². The van der Waals surface area contributed by atoms with Crippen LogP contribution >= 0.6 is 0 Å². The molecule has 0 aliphatic heterocycles. The van der Waals surface area contributed by atoms with Gasteiger partial charge in [0.25, 0.3) is 0 Å². The minimum Gasteiger partial charge on any atom is -0.382 e. The van der Waals surface area contributed by atoms with Crippen molar-refractivity contribution in [2.45, 2.75) is 47.1 Å². The Morgan fingerprint density at radius 3 is 2.26 bits per heavy atom. The molecule has 0 aliphatic rings. The molecule has 2 aromatic heterocycles. The van der Waals surface area contributed by atoms with Crippen LogP contribution in [0, 0.1) is 27.7 Å². The molecule has 0 saturated heterocycles. The van der Waals surface area contributed by atoms with Crippen molar-refractivity contribution in [2.24, 2.45) is 0 Å². The summed E-state index contributed by atoms with van der Waals surface area (Å²) in [5.41, 5.74) is 8.47. The summed E-state index contributed by atoms with van der Waals surface area (Å²) in [5, 5.41) is 14.8. The van der Waals surface area contributed by atoms with Crippen LogP contribution in [-0.2, 0) is 5.60 Å². The average molecular weight is 413 g/mol. The lowest BCUT2D eigenvalue weighted by molar-refractivity contribution is 0.0687. The zero-order chi connectivity index (χ0) is 22.3. The molecule has 5 nitrogen and oxygen atoms in total. The van der Waals surface area contributed by atoms with E-state index in [-0.39, 0.29) is 0 Å². The molecule has 31 heavy (non-hydrogen) atoms. The van der Waals surface area contributed by atoms with E-state index in [1.165, 1.54) is 11.1 Å². The third-order valence-corrected chi connectivity index (χ3v) is 5.66. The monoisotopic (exact) mass is 412 g/mol. The van der Waals surface area contributed by atoms with Gasteiger partial charge in [0.2, 0.25) is 0 Å². The first-order valence-corrected chi connectivity index (χ1v) is 10.4. The molecule has 158 valence electrons. The van der Waals surface area contributed by atoms with E-state index in [0.29, 0.717) is 5.82 Å². The minimum atomic E-state index is -1.07. The van der Waals surface area contributed by atoms with Crippen LogP contribution in [0.5, 0.6) is 0 Å². The maximum Gasteiger partial charge on any atom is 0.159 e. The number of aryl methyl sites for hydroxylation is 3. The maximum atomic E-state index is 10.1. The molecule has 0 fully saturated rings. The molecule has 0 amide bonds. The number of aromatic nitrogens is 3. The van der Waals surface area contributed by atoms with Crippen LogP contribution in [0.2, 0.25) is 0 Å². The van der Waals surface area contributed by atoms with Crippen molar-refractivity contribution in [3.63, 3.8) is 0 Å². The summed E-state index contributed by atoms with van der Waals surface area (Å²) in [6.07, 6.45) is 3.52. The van der Waals surface area contributed by atoms with Crippen molar-refractivity contribution in [2.75, 3.05) is 5.32 Å². The van der Waals surface area contributed by atoms with Crippen LogP contribution in [0.25, 0.3) is 22.0 Å². The van der Waals surface area contributed by atoms with Gasteiger partial charge in [-0.1, -0.05) is 18.2 Å². The number of hydrogen-bond donors (Lipinski definition) is 2. The fraction of sp³-hybridized carbons (Fsp3) is 0.269. The van der Waals surface area contributed by atoms with E-state index in [1.807, 2.05) is 19.1 Å². The number of pyridine rings is 1. The molecule has 4 rings (SSSR count). The first-order valence-electron chi connectivity index (χ1n) is 10.4. The molecule has 0 aliphatic carbocycles. The first kappa shape index (κ1) is 20.9. The topological polar surface area (TPSA) is 70.9 Å². The van der Waals surface area contributed by atoms with Crippen LogP contribution in [0.3, 0.4) is 0 Å². The summed E-state index contributed by atoms with van der Waals surface area (Å²) in [4.78, 5) is 13.5. The molecule has 0 radical (unpaired) electrons. The van der Waals surface area contributed by atoms with Crippen molar-refractivity contribution < 1.29 is 5.11 Å². The van der Waals surface area contributed by atoms with Gasteiger partial charge >= 0.3 is 0 Å². The summed E-state index contributed by atoms with van der Waals surface area (Å²) in [6.45, 7) is 11.7. The van der Waals surface area contributed by atoms with Gasteiger partial charge in [-0.25, -0.2) is 9.97 Å². The van der Waals surface area contributed by atoms with Gasteiger partial charge in [0.05, 0.1) is 11.2 Å². The summed E-state index contributed by atoms with van der Waals surface area (Å²) in [6, 6.07) is 12.6. The highest BCUT2D eigenvalue weighted by Crippen LogP contribution is 2.34. The summed E-state index contributed by atoms with van der Waals surface area (Å²) in [5.74, 6) is 0.405. The van der Waals surface area contributed by atoms with E-state index in [4.69, 9.17) is 4.98 Å². The Labute approximate surface area is 183 Å². The quantitative estimate of drug-likeness (QED) is 0.437. The molecule has 0 spiro atoms. The van der Waals surface area contributed by atoms with Crippen molar-refractivity contribution in [3.8, 4) is 11.1 Å². The van der Waals surface area contributed by atoms with Gasteiger partial charge in [-0.05, 0) is 82.0 Å². The molecule has 2 N–H and O–H groups in total. The lowest BCUT2D eigenvalue weighted by Crippen LogP contribution is -2.19. The first-order chi connectivity index (χ1) is 14.6.